The lowest BCUT2D eigenvalue weighted by Gasteiger charge is -2.49. The number of β-lactam (4-membered cyclic amide) rings is 1. The van der Waals surface area contributed by atoms with Gasteiger partial charge in [-0.05, 0) is 24.3 Å². The number of nitrogens with two attached hydrogens (primary N) is 1. The minimum atomic E-state index is -5.08. The molecule has 1 fully saturated rings. The largest absolute Gasteiger partial charge is 0.490 e. The summed E-state index contributed by atoms with van der Waals surface area (Å²) in [6, 6.07) is 4.66. The van der Waals surface area contributed by atoms with E-state index in [0.29, 0.717) is 11.3 Å². The fourth-order valence-electron chi connectivity index (χ4n) is 3.56. The zero-order valence-corrected chi connectivity index (χ0v) is 23.2. The fraction of sp³-hybridized carbons (Fsp3) is 0.261. The standard InChI is InChI=1S/C21H19N5O8S2.C2HF3O2/c1-33-25-13(12-8-36-21(22)23-12)16(27)24-14-17(28)26-15(20(31)32)10(7-35-18(14)26)6-34-11-4-2-9(3-5-11)19(29)30;3-2(4,5)1(6)7/h2-5,8,14,18H,6-7H2,1H3,(H2,22,23)(H,24,27)(H,29,30)(H,31,32);(H,6,7)/t14?,18-;/m0./s1. The van der Waals surface area contributed by atoms with Gasteiger partial charge in [-0.15, -0.1) is 23.1 Å². The van der Waals surface area contributed by atoms with Gasteiger partial charge in [-0.3, -0.25) is 14.5 Å². The van der Waals surface area contributed by atoms with E-state index < -0.39 is 47.3 Å². The molecule has 4 rings (SSSR count). The number of anilines is 1. The first-order valence-corrected chi connectivity index (χ1v) is 13.4. The molecule has 1 unspecified atom stereocenters. The number of thiazole rings is 1. The molecule has 230 valence electrons. The highest BCUT2D eigenvalue weighted by atomic mass is 32.2. The van der Waals surface area contributed by atoms with Crippen molar-refractivity contribution in [1.82, 2.24) is 15.2 Å². The number of aromatic carboxylic acids is 1. The number of hydrogen-bond acceptors (Lipinski definition) is 12. The van der Waals surface area contributed by atoms with Crippen LogP contribution < -0.4 is 15.8 Å². The molecule has 0 aliphatic carbocycles. The number of rotatable bonds is 9. The number of halogens is 3. The molecule has 20 heteroatoms. The number of carboxylic acids is 3. The first-order valence-electron chi connectivity index (χ1n) is 11.4. The van der Waals surface area contributed by atoms with E-state index in [1.54, 1.807) is 0 Å². The number of nitrogens with one attached hydrogen (secondary N) is 1. The van der Waals surface area contributed by atoms with Gasteiger partial charge >= 0.3 is 24.1 Å². The number of ether oxygens (including phenoxy) is 1. The van der Waals surface area contributed by atoms with E-state index in [2.05, 4.69) is 15.5 Å². The minimum absolute atomic E-state index is 0.0834. The Morgan fingerprint density at radius 3 is 2.28 bits per heavy atom. The number of fused-ring (bicyclic) bond motifs is 1. The molecular formula is C23H20F3N5O10S2. The Balaban J connectivity index is 0.000000646. The van der Waals surface area contributed by atoms with Crippen molar-refractivity contribution in [2.75, 3.05) is 25.2 Å². The molecule has 2 atom stereocenters. The third-order valence-corrected chi connectivity index (χ3v) is 7.47. The lowest BCUT2D eigenvalue weighted by atomic mass is 10.0. The lowest BCUT2D eigenvalue weighted by molar-refractivity contribution is -0.192. The van der Waals surface area contributed by atoms with Crippen LogP contribution in [0.2, 0.25) is 0 Å². The normalized spacial score (nSPS) is 18.0. The molecule has 0 saturated carbocycles. The molecule has 2 aliphatic heterocycles. The monoisotopic (exact) mass is 647 g/mol. The molecule has 1 saturated heterocycles. The number of benzene rings is 1. The molecule has 1 aromatic carbocycles. The summed E-state index contributed by atoms with van der Waals surface area (Å²) in [5.74, 6) is -5.89. The number of aromatic nitrogens is 1. The van der Waals surface area contributed by atoms with Crippen LogP contribution in [-0.2, 0) is 24.0 Å². The van der Waals surface area contributed by atoms with Gasteiger partial charge < -0.3 is 35.9 Å². The summed E-state index contributed by atoms with van der Waals surface area (Å²) in [5.41, 5.74) is 5.86. The second-order valence-corrected chi connectivity index (χ2v) is 10.2. The number of alkyl halides is 3. The van der Waals surface area contributed by atoms with Crippen LogP contribution >= 0.6 is 23.1 Å². The molecule has 1 aromatic heterocycles. The van der Waals surface area contributed by atoms with Gasteiger partial charge in [-0.2, -0.15) is 13.2 Å². The Hall–Kier alpha value is -4.85. The smallest absolute Gasteiger partial charge is 0.489 e. The van der Waals surface area contributed by atoms with Crippen molar-refractivity contribution in [3.63, 3.8) is 0 Å². The van der Waals surface area contributed by atoms with Gasteiger partial charge in [-0.1, -0.05) is 5.16 Å². The van der Waals surface area contributed by atoms with E-state index in [1.807, 2.05) is 0 Å². The van der Waals surface area contributed by atoms with Crippen LogP contribution in [0.1, 0.15) is 16.1 Å². The number of carboxylic acid groups (broad SMARTS) is 3. The molecule has 43 heavy (non-hydrogen) atoms. The van der Waals surface area contributed by atoms with Crippen molar-refractivity contribution in [1.29, 1.82) is 0 Å². The lowest BCUT2D eigenvalue weighted by Crippen LogP contribution is -2.71. The average Bonchev–Trinajstić information content (AvgIpc) is 3.38. The number of aliphatic carboxylic acids is 2. The summed E-state index contributed by atoms with van der Waals surface area (Å²) < 4.78 is 37.4. The maximum atomic E-state index is 12.9. The summed E-state index contributed by atoms with van der Waals surface area (Å²) in [5, 5.41) is 33.3. The predicted octanol–water partition coefficient (Wildman–Crippen LogP) is 1.22. The highest BCUT2D eigenvalue weighted by Gasteiger charge is 2.54. The topological polar surface area (TPSA) is 231 Å². The Labute approximate surface area is 246 Å². The second-order valence-electron chi connectivity index (χ2n) is 8.23. The number of hydrogen-bond donors (Lipinski definition) is 5. The number of oxime groups is 1. The van der Waals surface area contributed by atoms with Gasteiger partial charge in [0, 0.05) is 16.7 Å². The van der Waals surface area contributed by atoms with Crippen LogP contribution in [0, 0.1) is 0 Å². The van der Waals surface area contributed by atoms with Gasteiger partial charge in [-0.25, -0.2) is 19.4 Å². The van der Waals surface area contributed by atoms with Crippen molar-refractivity contribution in [2.24, 2.45) is 5.16 Å². The first kappa shape index (κ1) is 32.7. The molecule has 0 radical (unpaired) electrons. The third kappa shape index (κ3) is 7.71. The van der Waals surface area contributed by atoms with Gasteiger partial charge in [0.1, 0.15) is 42.3 Å². The van der Waals surface area contributed by atoms with E-state index in [0.717, 1.165) is 16.2 Å². The van der Waals surface area contributed by atoms with E-state index >= 15 is 0 Å². The molecular weight excluding hydrogens is 627 g/mol. The number of nitrogen functional groups attached to an aromatic ring is 1. The van der Waals surface area contributed by atoms with Crippen LogP contribution in [-0.4, -0.2) is 97.7 Å². The van der Waals surface area contributed by atoms with E-state index in [-0.39, 0.29) is 40.2 Å². The van der Waals surface area contributed by atoms with Crippen molar-refractivity contribution >= 4 is 63.7 Å². The number of carbonyl (C=O) groups is 5. The van der Waals surface area contributed by atoms with E-state index in [1.165, 1.54) is 48.5 Å². The van der Waals surface area contributed by atoms with Gasteiger partial charge in [0.15, 0.2) is 10.8 Å². The van der Waals surface area contributed by atoms with Crippen LogP contribution in [0.3, 0.4) is 0 Å². The maximum absolute atomic E-state index is 12.9. The Kier molecular flexibility index (Phi) is 10.2. The number of amides is 2. The SMILES string of the molecule is CON=C(C(=O)NC1C(=O)N2C(C(=O)O)=C(COc3ccc(C(=O)O)cc3)CS[C@@H]12)c1csc(N)n1.O=C(O)C(F)(F)F. The van der Waals surface area contributed by atoms with Crippen LogP contribution in [0.4, 0.5) is 18.3 Å². The van der Waals surface area contributed by atoms with Crippen molar-refractivity contribution < 1.29 is 62.0 Å². The van der Waals surface area contributed by atoms with Crippen LogP contribution in [0.5, 0.6) is 5.75 Å². The molecule has 6 N–H and O–H groups in total. The Morgan fingerprint density at radius 1 is 1.16 bits per heavy atom. The molecule has 2 aliphatic rings. The summed E-state index contributed by atoms with van der Waals surface area (Å²) in [7, 11) is 1.25. The van der Waals surface area contributed by atoms with Gasteiger partial charge in [0.2, 0.25) is 0 Å². The Bertz CT molecular complexity index is 1490. The predicted molar refractivity (Wildman–Crippen MR) is 142 cm³/mol. The zero-order chi connectivity index (χ0) is 32.1. The van der Waals surface area contributed by atoms with Crippen molar-refractivity contribution in [2.45, 2.75) is 17.6 Å². The highest BCUT2D eigenvalue weighted by molar-refractivity contribution is 8.00. The zero-order valence-electron chi connectivity index (χ0n) is 21.5. The molecule has 15 nitrogen and oxygen atoms in total. The number of nitrogens with zero attached hydrogens (tertiary/aromatic N) is 3. The van der Waals surface area contributed by atoms with E-state index in [4.69, 9.17) is 30.3 Å². The van der Waals surface area contributed by atoms with Crippen LogP contribution in [0.25, 0.3) is 0 Å². The summed E-state index contributed by atoms with van der Waals surface area (Å²) in [6.45, 7) is -0.121. The van der Waals surface area contributed by atoms with Gasteiger partial charge in [0.25, 0.3) is 11.8 Å². The van der Waals surface area contributed by atoms with E-state index in [9.17, 15) is 37.5 Å². The maximum Gasteiger partial charge on any atom is 0.490 e. The molecule has 0 spiro atoms. The minimum Gasteiger partial charge on any atom is -0.489 e. The van der Waals surface area contributed by atoms with Crippen LogP contribution in [0.15, 0.2) is 46.1 Å². The average molecular weight is 648 g/mol. The third-order valence-electron chi connectivity index (χ3n) is 5.46. The molecule has 3 heterocycles. The second kappa shape index (κ2) is 13.4. The van der Waals surface area contributed by atoms with Gasteiger partial charge in [0.05, 0.1) is 5.56 Å². The Morgan fingerprint density at radius 2 is 1.79 bits per heavy atom. The van der Waals surface area contributed by atoms with Crippen molar-refractivity contribution in [3.8, 4) is 5.75 Å². The quantitative estimate of drug-likeness (QED) is 0.147. The molecule has 2 amide bonds. The molecule has 0 bridgehead atoms. The fourth-order valence-corrected chi connectivity index (χ4v) is 5.44. The first-order chi connectivity index (χ1) is 20.1. The summed E-state index contributed by atoms with van der Waals surface area (Å²) in [6.07, 6.45) is -5.08. The summed E-state index contributed by atoms with van der Waals surface area (Å²) >= 11 is 2.37. The number of thioether (sulfide) groups is 1. The molecule has 2 aromatic rings. The highest BCUT2D eigenvalue weighted by Crippen LogP contribution is 2.40. The number of carbonyl (C=O) groups excluding carboxylic acids is 2. The van der Waals surface area contributed by atoms with Crippen molar-refractivity contribution in [3.05, 3.63) is 52.2 Å². The summed E-state index contributed by atoms with van der Waals surface area (Å²) in [4.78, 5) is 67.4.